The molecule has 0 aliphatic carbocycles. The Kier molecular flexibility index (Phi) is 3.92. The highest BCUT2D eigenvalue weighted by Gasteiger charge is 2.24. The number of nitrogens with zero attached hydrogens (tertiary/aromatic N) is 3. The minimum absolute atomic E-state index is 0.0279. The molecule has 0 aliphatic heterocycles. The predicted molar refractivity (Wildman–Crippen MR) is 79.9 cm³/mol. The summed E-state index contributed by atoms with van der Waals surface area (Å²) < 4.78 is 0.0279. The Balaban J connectivity index is 2.37. The zero-order chi connectivity index (χ0) is 13.2. The standard InChI is InChI=1S/C13H16N3S2/c1-13(2,3)18(17)12-15-11(9-14-16-12)10-7-5-4-6-8-10/h4-9,17H,1-3H3. The summed E-state index contributed by atoms with van der Waals surface area (Å²) in [7, 11) is -0.325. The summed E-state index contributed by atoms with van der Waals surface area (Å²) in [5.74, 6) is 0. The molecule has 5 heteroatoms. The van der Waals surface area contributed by atoms with Crippen LogP contribution in [0.3, 0.4) is 0 Å². The average Bonchev–Trinajstić information content (AvgIpc) is 2.38. The van der Waals surface area contributed by atoms with Gasteiger partial charge >= 0.3 is 0 Å². The van der Waals surface area contributed by atoms with Crippen LogP contribution in [-0.4, -0.2) is 19.9 Å². The van der Waals surface area contributed by atoms with E-state index in [0.717, 1.165) is 11.3 Å². The lowest BCUT2D eigenvalue weighted by Gasteiger charge is -2.26. The van der Waals surface area contributed by atoms with Crippen molar-refractivity contribution >= 4 is 21.6 Å². The molecule has 0 unspecified atom stereocenters. The maximum Gasteiger partial charge on any atom is 0.210 e. The van der Waals surface area contributed by atoms with Crippen molar-refractivity contribution in [1.29, 1.82) is 0 Å². The molecule has 0 saturated heterocycles. The molecule has 0 spiro atoms. The second-order valence-electron chi connectivity index (χ2n) is 4.89. The van der Waals surface area contributed by atoms with Gasteiger partial charge in [0.2, 0.25) is 5.16 Å². The first-order chi connectivity index (χ1) is 8.48. The smallest absolute Gasteiger partial charge is 0.210 e. The van der Waals surface area contributed by atoms with Crippen LogP contribution in [-0.2, 0) is 0 Å². The third kappa shape index (κ3) is 3.03. The molecule has 18 heavy (non-hydrogen) atoms. The average molecular weight is 278 g/mol. The Bertz CT molecular complexity index is 523. The SMILES string of the molecule is CC(C)(C)[S](S)c1nncc(-c2ccccc2)n1. The molecule has 0 aliphatic rings. The molecule has 0 bridgehead atoms. The fourth-order valence-electron chi connectivity index (χ4n) is 1.39. The number of rotatable bonds is 2. The van der Waals surface area contributed by atoms with Gasteiger partial charge in [0.05, 0.1) is 11.9 Å². The van der Waals surface area contributed by atoms with Crippen LogP contribution in [0, 0.1) is 0 Å². The van der Waals surface area contributed by atoms with E-state index in [1.165, 1.54) is 0 Å². The lowest BCUT2D eigenvalue weighted by atomic mass is 10.2. The molecule has 2 aromatic rings. The lowest BCUT2D eigenvalue weighted by Crippen LogP contribution is -2.13. The van der Waals surface area contributed by atoms with Crippen LogP contribution < -0.4 is 0 Å². The van der Waals surface area contributed by atoms with Crippen LogP contribution in [0.4, 0.5) is 0 Å². The van der Waals surface area contributed by atoms with Gasteiger partial charge in [-0.3, -0.25) is 0 Å². The van der Waals surface area contributed by atoms with Crippen molar-refractivity contribution in [1.82, 2.24) is 15.2 Å². The first-order valence-electron chi connectivity index (χ1n) is 5.67. The van der Waals surface area contributed by atoms with Gasteiger partial charge in [-0.05, 0) is 0 Å². The molecular formula is C13H16N3S2. The molecular weight excluding hydrogens is 262 g/mol. The van der Waals surface area contributed by atoms with Crippen molar-refractivity contribution < 1.29 is 0 Å². The Labute approximate surface area is 115 Å². The molecule has 0 amide bonds. The Morgan fingerprint density at radius 1 is 1.11 bits per heavy atom. The van der Waals surface area contributed by atoms with Crippen molar-refractivity contribution in [2.75, 3.05) is 0 Å². The molecule has 3 nitrogen and oxygen atoms in total. The summed E-state index contributed by atoms with van der Waals surface area (Å²) >= 11 is 4.62. The number of thiol groups is 1. The number of hydrogen-bond acceptors (Lipinski definition) is 4. The van der Waals surface area contributed by atoms with Crippen LogP contribution in [0.15, 0.2) is 41.7 Å². The highest BCUT2D eigenvalue weighted by atomic mass is 33.1. The van der Waals surface area contributed by atoms with E-state index in [-0.39, 0.29) is 14.7 Å². The summed E-state index contributed by atoms with van der Waals surface area (Å²) in [5.41, 5.74) is 1.89. The molecule has 0 fully saturated rings. The number of hydrogen-bond donors (Lipinski definition) is 1. The van der Waals surface area contributed by atoms with Gasteiger partial charge in [-0.1, -0.05) is 61.0 Å². The second kappa shape index (κ2) is 5.28. The van der Waals surface area contributed by atoms with Gasteiger partial charge in [-0.2, -0.15) is 5.10 Å². The van der Waals surface area contributed by atoms with Gasteiger partial charge in [0.25, 0.3) is 0 Å². The molecule has 1 radical (unpaired) electrons. The van der Waals surface area contributed by atoms with E-state index in [4.69, 9.17) is 0 Å². The zero-order valence-corrected chi connectivity index (χ0v) is 12.4. The van der Waals surface area contributed by atoms with E-state index < -0.39 is 0 Å². The third-order valence-corrected chi connectivity index (χ3v) is 6.17. The highest BCUT2D eigenvalue weighted by molar-refractivity contribution is 8.78. The minimum Gasteiger partial charge on any atom is -0.219 e. The van der Waals surface area contributed by atoms with Crippen molar-refractivity contribution in [2.45, 2.75) is 30.7 Å². The predicted octanol–water partition coefficient (Wildman–Crippen LogP) is 3.81. The largest absolute Gasteiger partial charge is 0.219 e. The Hall–Kier alpha value is -1.07. The molecule has 0 saturated carbocycles. The summed E-state index contributed by atoms with van der Waals surface area (Å²) in [6.07, 6.45) is 1.69. The van der Waals surface area contributed by atoms with Gasteiger partial charge in [-0.25, -0.2) is 4.98 Å². The molecule has 0 N–H and O–H groups in total. The van der Waals surface area contributed by atoms with E-state index in [1.54, 1.807) is 6.20 Å². The van der Waals surface area contributed by atoms with Crippen LogP contribution in [0.25, 0.3) is 11.3 Å². The third-order valence-electron chi connectivity index (χ3n) is 2.36. The van der Waals surface area contributed by atoms with Crippen LogP contribution in [0.5, 0.6) is 0 Å². The van der Waals surface area contributed by atoms with Crippen molar-refractivity contribution in [3.8, 4) is 11.3 Å². The Morgan fingerprint density at radius 2 is 1.78 bits per heavy atom. The van der Waals surface area contributed by atoms with Crippen LogP contribution >= 0.6 is 21.6 Å². The monoisotopic (exact) mass is 278 g/mol. The normalized spacial score (nSPS) is 11.8. The van der Waals surface area contributed by atoms with Crippen molar-refractivity contribution in [3.05, 3.63) is 36.5 Å². The highest BCUT2D eigenvalue weighted by Crippen LogP contribution is 2.49. The second-order valence-corrected chi connectivity index (χ2v) is 8.14. The molecule has 95 valence electrons. The van der Waals surface area contributed by atoms with Crippen molar-refractivity contribution in [2.24, 2.45) is 0 Å². The van der Waals surface area contributed by atoms with E-state index >= 15 is 0 Å². The van der Waals surface area contributed by atoms with Crippen LogP contribution in [0.1, 0.15) is 20.8 Å². The van der Waals surface area contributed by atoms with Gasteiger partial charge in [0, 0.05) is 10.3 Å². The number of benzene rings is 1. The maximum atomic E-state index is 4.62. The summed E-state index contributed by atoms with van der Waals surface area (Å²) in [4.78, 5) is 4.57. The van der Waals surface area contributed by atoms with E-state index in [9.17, 15) is 0 Å². The molecule has 0 atom stereocenters. The zero-order valence-electron chi connectivity index (χ0n) is 10.7. The Morgan fingerprint density at radius 3 is 2.39 bits per heavy atom. The van der Waals surface area contributed by atoms with E-state index in [0.29, 0.717) is 5.16 Å². The van der Waals surface area contributed by atoms with Gasteiger partial charge in [0.1, 0.15) is 0 Å². The number of aromatic nitrogens is 3. The summed E-state index contributed by atoms with van der Waals surface area (Å²) in [6.45, 7) is 6.38. The first kappa shape index (κ1) is 13.4. The maximum absolute atomic E-state index is 4.62. The topological polar surface area (TPSA) is 38.7 Å². The van der Waals surface area contributed by atoms with Gasteiger partial charge < -0.3 is 0 Å². The summed E-state index contributed by atoms with van der Waals surface area (Å²) in [5, 5.41) is 8.85. The van der Waals surface area contributed by atoms with Crippen LogP contribution in [0.2, 0.25) is 0 Å². The minimum atomic E-state index is -0.325. The quantitative estimate of drug-likeness (QED) is 0.670. The summed E-state index contributed by atoms with van der Waals surface area (Å²) in [6, 6.07) is 9.99. The molecule has 1 aromatic heterocycles. The fourth-order valence-corrected chi connectivity index (χ4v) is 2.48. The van der Waals surface area contributed by atoms with E-state index in [2.05, 4.69) is 47.6 Å². The fraction of sp³-hybridized carbons (Fsp3) is 0.308. The molecule has 1 heterocycles. The van der Waals surface area contributed by atoms with E-state index in [1.807, 2.05) is 30.3 Å². The molecule has 2 rings (SSSR count). The van der Waals surface area contributed by atoms with Gasteiger partial charge in [-0.15, -0.1) is 16.8 Å². The first-order valence-corrected chi connectivity index (χ1v) is 7.95. The lowest BCUT2D eigenvalue weighted by molar-refractivity contribution is 0.774. The molecule has 1 aromatic carbocycles. The van der Waals surface area contributed by atoms with Crippen molar-refractivity contribution in [3.63, 3.8) is 0 Å². The van der Waals surface area contributed by atoms with Gasteiger partial charge in [0.15, 0.2) is 0 Å².